The summed E-state index contributed by atoms with van der Waals surface area (Å²) in [6, 6.07) is 4.41. The summed E-state index contributed by atoms with van der Waals surface area (Å²) in [5.41, 5.74) is 2.69. The normalized spacial score (nSPS) is 19.2. The third kappa shape index (κ3) is 3.93. The van der Waals surface area contributed by atoms with Gasteiger partial charge in [-0.2, -0.15) is 10.1 Å². The molecular formula is C21H29N7O. The SMILES string of the molecule is CCc1cc(N2CCCn3nc(C(=O)NC4CC4)cc3C2)nc(N2CCCC2)n1. The monoisotopic (exact) mass is 395 g/mol. The van der Waals surface area contributed by atoms with Crippen molar-refractivity contribution >= 4 is 17.7 Å². The number of hydrogen-bond donors (Lipinski definition) is 1. The molecule has 0 aromatic carbocycles. The van der Waals surface area contributed by atoms with Crippen LogP contribution < -0.4 is 15.1 Å². The molecule has 154 valence electrons. The molecule has 2 aromatic heterocycles. The molecule has 2 aliphatic heterocycles. The zero-order valence-electron chi connectivity index (χ0n) is 17.1. The number of nitrogens with one attached hydrogen (secondary N) is 1. The molecule has 1 N–H and O–H groups in total. The highest BCUT2D eigenvalue weighted by Crippen LogP contribution is 2.25. The van der Waals surface area contributed by atoms with Gasteiger partial charge in [0, 0.05) is 44.0 Å². The van der Waals surface area contributed by atoms with Crippen molar-refractivity contribution in [2.24, 2.45) is 0 Å². The lowest BCUT2D eigenvalue weighted by Crippen LogP contribution is -2.27. The molecule has 0 bridgehead atoms. The Morgan fingerprint density at radius 1 is 1.07 bits per heavy atom. The van der Waals surface area contributed by atoms with Crippen molar-refractivity contribution in [3.63, 3.8) is 0 Å². The van der Waals surface area contributed by atoms with Crippen LogP contribution in [0.2, 0.25) is 0 Å². The van der Waals surface area contributed by atoms with Crippen molar-refractivity contribution in [3.8, 4) is 0 Å². The lowest BCUT2D eigenvalue weighted by Gasteiger charge is -2.24. The van der Waals surface area contributed by atoms with E-state index in [0.29, 0.717) is 18.3 Å². The number of aromatic nitrogens is 4. The Hall–Kier alpha value is -2.64. The van der Waals surface area contributed by atoms with Gasteiger partial charge < -0.3 is 15.1 Å². The van der Waals surface area contributed by atoms with Gasteiger partial charge in [-0.1, -0.05) is 6.92 Å². The van der Waals surface area contributed by atoms with E-state index < -0.39 is 0 Å². The molecule has 8 heteroatoms. The number of nitrogens with zero attached hydrogens (tertiary/aromatic N) is 6. The first-order valence-electron chi connectivity index (χ1n) is 10.9. The maximum absolute atomic E-state index is 12.4. The van der Waals surface area contributed by atoms with Crippen LogP contribution in [0, 0.1) is 0 Å². The zero-order valence-corrected chi connectivity index (χ0v) is 17.1. The van der Waals surface area contributed by atoms with Gasteiger partial charge in [-0.15, -0.1) is 0 Å². The van der Waals surface area contributed by atoms with E-state index in [9.17, 15) is 4.79 Å². The second kappa shape index (κ2) is 7.65. The average molecular weight is 396 g/mol. The number of fused-ring (bicyclic) bond motifs is 1. The van der Waals surface area contributed by atoms with Crippen molar-refractivity contribution in [1.29, 1.82) is 0 Å². The van der Waals surface area contributed by atoms with E-state index in [1.165, 1.54) is 12.8 Å². The molecule has 0 radical (unpaired) electrons. The third-order valence-electron chi connectivity index (χ3n) is 5.99. The molecule has 1 amide bonds. The molecule has 5 rings (SSSR count). The number of hydrogen-bond acceptors (Lipinski definition) is 6. The smallest absolute Gasteiger partial charge is 0.272 e. The first kappa shape index (κ1) is 18.4. The molecular weight excluding hydrogens is 366 g/mol. The van der Waals surface area contributed by atoms with Crippen LogP contribution in [0.5, 0.6) is 0 Å². The molecule has 2 aromatic rings. The first-order chi connectivity index (χ1) is 14.2. The second-order valence-electron chi connectivity index (χ2n) is 8.33. The molecule has 2 fully saturated rings. The van der Waals surface area contributed by atoms with E-state index in [2.05, 4.69) is 33.2 Å². The van der Waals surface area contributed by atoms with Gasteiger partial charge in [0.2, 0.25) is 5.95 Å². The highest BCUT2D eigenvalue weighted by Gasteiger charge is 2.27. The lowest BCUT2D eigenvalue weighted by atomic mass is 10.2. The van der Waals surface area contributed by atoms with Crippen LogP contribution in [0.3, 0.4) is 0 Å². The fraction of sp³-hybridized carbons (Fsp3) is 0.619. The predicted octanol–water partition coefficient (Wildman–Crippen LogP) is 2.14. The summed E-state index contributed by atoms with van der Waals surface area (Å²) in [5, 5.41) is 7.61. The summed E-state index contributed by atoms with van der Waals surface area (Å²) >= 11 is 0. The molecule has 1 aliphatic carbocycles. The quantitative estimate of drug-likeness (QED) is 0.836. The zero-order chi connectivity index (χ0) is 19.8. The van der Waals surface area contributed by atoms with Crippen LogP contribution in [0.15, 0.2) is 12.1 Å². The summed E-state index contributed by atoms with van der Waals surface area (Å²) in [6.45, 7) is 6.68. The Morgan fingerprint density at radius 3 is 2.62 bits per heavy atom. The molecule has 0 unspecified atom stereocenters. The lowest BCUT2D eigenvalue weighted by molar-refractivity contribution is 0.0945. The van der Waals surface area contributed by atoms with E-state index in [4.69, 9.17) is 9.97 Å². The van der Waals surface area contributed by atoms with E-state index in [1.54, 1.807) is 0 Å². The second-order valence-corrected chi connectivity index (χ2v) is 8.33. The minimum absolute atomic E-state index is 0.0498. The first-order valence-corrected chi connectivity index (χ1v) is 10.9. The summed E-state index contributed by atoms with van der Waals surface area (Å²) in [7, 11) is 0. The summed E-state index contributed by atoms with van der Waals surface area (Å²) in [4.78, 5) is 26.7. The fourth-order valence-corrected chi connectivity index (χ4v) is 4.13. The van der Waals surface area contributed by atoms with E-state index in [1.807, 2.05) is 10.7 Å². The Labute approximate surface area is 171 Å². The van der Waals surface area contributed by atoms with Gasteiger partial charge in [-0.25, -0.2) is 4.98 Å². The molecule has 1 saturated heterocycles. The number of amides is 1. The van der Waals surface area contributed by atoms with Gasteiger partial charge >= 0.3 is 0 Å². The Bertz CT molecular complexity index is 898. The number of carbonyl (C=O) groups excluding carboxylic acids is 1. The number of anilines is 2. The third-order valence-corrected chi connectivity index (χ3v) is 5.99. The number of carbonyl (C=O) groups is 1. The van der Waals surface area contributed by atoms with Gasteiger partial charge in [0.15, 0.2) is 5.69 Å². The van der Waals surface area contributed by atoms with Gasteiger partial charge in [-0.05, 0) is 44.6 Å². The topological polar surface area (TPSA) is 79.2 Å². The maximum atomic E-state index is 12.4. The highest BCUT2D eigenvalue weighted by molar-refractivity contribution is 5.92. The molecule has 3 aliphatic rings. The van der Waals surface area contributed by atoms with Crippen molar-refractivity contribution in [2.45, 2.75) is 64.6 Å². The van der Waals surface area contributed by atoms with Gasteiger partial charge in [-0.3, -0.25) is 9.48 Å². The van der Waals surface area contributed by atoms with Crippen molar-refractivity contribution in [3.05, 3.63) is 29.2 Å². The average Bonchev–Trinajstić information content (AvgIpc) is 3.27. The standard InChI is InChI=1S/C21H29N7O/c1-2-15-12-19(24-21(23-15)26-8-3-4-9-26)27-10-5-11-28-17(14-27)13-18(25-28)20(29)22-16-6-7-16/h12-13,16H,2-11,14H2,1H3,(H,22,29). The number of rotatable bonds is 5. The molecule has 1 saturated carbocycles. The van der Waals surface area contributed by atoms with Crippen molar-refractivity contribution in [2.75, 3.05) is 29.4 Å². The molecule has 29 heavy (non-hydrogen) atoms. The van der Waals surface area contributed by atoms with Gasteiger partial charge in [0.1, 0.15) is 5.82 Å². The van der Waals surface area contributed by atoms with Crippen molar-refractivity contribution < 1.29 is 4.79 Å². The predicted molar refractivity (Wildman–Crippen MR) is 111 cm³/mol. The Morgan fingerprint density at radius 2 is 1.86 bits per heavy atom. The molecule has 0 atom stereocenters. The van der Waals surface area contributed by atoms with Gasteiger partial charge in [0.25, 0.3) is 5.91 Å². The summed E-state index contributed by atoms with van der Waals surface area (Å²) < 4.78 is 1.99. The van der Waals surface area contributed by atoms with Crippen LogP contribution in [0.1, 0.15) is 60.9 Å². The Balaban J connectivity index is 1.39. The fourth-order valence-electron chi connectivity index (χ4n) is 4.13. The van der Waals surface area contributed by atoms with Crippen LogP contribution >= 0.6 is 0 Å². The molecule has 8 nitrogen and oxygen atoms in total. The van der Waals surface area contributed by atoms with Gasteiger partial charge in [0.05, 0.1) is 12.2 Å². The summed E-state index contributed by atoms with van der Waals surface area (Å²) in [5.74, 6) is 1.79. The largest absolute Gasteiger partial charge is 0.350 e. The van der Waals surface area contributed by atoms with E-state index in [-0.39, 0.29) is 5.91 Å². The van der Waals surface area contributed by atoms with Crippen LogP contribution in [-0.2, 0) is 19.5 Å². The van der Waals surface area contributed by atoms with Crippen LogP contribution in [0.25, 0.3) is 0 Å². The van der Waals surface area contributed by atoms with E-state index in [0.717, 1.165) is 75.0 Å². The van der Waals surface area contributed by atoms with E-state index >= 15 is 0 Å². The van der Waals surface area contributed by atoms with Crippen molar-refractivity contribution in [1.82, 2.24) is 25.1 Å². The summed E-state index contributed by atoms with van der Waals surface area (Å²) in [6.07, 6.45) is 6.46. The number of aryl methyl sites for hydroxylation is 2. The molecule has 0 spiro atoms. The van der Waals surface area contributed by atoms with Crippen LogP contribution in [0.4, 0.5) is 11.8 Å². The Kier molecular flexibility index (Phi) is 4.85. The minimum Gasteiger partial charge on any atom is -0.350 e. The molecule has 4 heterocycles. The minimum atomic E-state index is -0.0498. The maximum Gasteiger partial charge on any atom is 0.272 e. The highest BCUT2D eigenvalue weighted by atomic mass is 16.2. The van der Waals surface area contributed by atoms with Crippen LogP contribution in [-0.4, -0.2) is 51.3 Å².